The Hall–Kier alpha value is -1.29. The largest absolute Gasteiger partial charge is 0.416 e. The highest BCUT2D eigenvalue weighted by atomic mass is 19.4. The molecule has 2 aliphatic rings. The van der Waals surface area contributed by atoms with Crippen LogP contribution in [0.4, 0.5) is 13.2 Å². The summed E-state index contributed by atoms with van der Waals surface area (Å²) < 4.78 is 38.7. The van der Waals surface area contributed by atoms with Gasteiger partial charge in [-0.3, -0.25) is 0 Å². The lowest BCUT2D eigenvalue weighted by Crippen LogP contribution is -2.44. The highest BCUT2D eigenvalue weighted by Crippen LogP contribution is 2.35. The monoisotopic (exact) mass is 281 g/mol. The number of hydrogen-bond acceptors (Lipinski definition) is 1. The molecule has 1 saturated heterocycles. The molecule has 2 heterocycles. The van der Waals surface area contributed by atoms with Gasteiger partial charge in [0.25, 0.3) is 0 Å². The molecule has 3 rings (SSSR count). The summed E-state index contributed by atoms with van der Waals surface area (Å²) in [6.07, 6.45) is 2.07. The average molecular weight is 281 g/mol. The summed E-state index contributed by atoms with van der Waals surface area (Å²) in [5, 5.41) is 3.51. The molecule has 0 radical (unpaired) electrons. The van der Waals surface area contributed by atoms with E-state index < -0.39 is 11.7 Å². The zero-order valence-electron chi connectivity index (χ0n) is 11.4. The number of halogens is 3. The highest BCUT2D eigenvalue weighted by molar-refractivity contribution is 5.69. The van der Waals surface area contributed by atoms with E-state index in [1.54, 1.807) is 6.92 Å². The second-order valence-electron chi connectivity index (χ2n) is 5.88. The van der Waals surface area contributed by atoms with Crippen LogP contribution >= 0.6 is 0 Å². The standard InChI is InChI=1S/C16H18F3N/c1-10-5-11(7-13(6-10)16(17,18)19)12-8-14-3-2-4-15(9-12)20-14/h5-8,14-15,20H,2-4,9H2,1H3. The number of hydrogen-bond donors (Lipinski definition) is 1. The van der Waals surface area contributed by atoms with E-state index in [-0.39, 0.29) is 0 Å². The first kappa shape index (κ1) is 13.7. The van der Waals surface area contributed by atoms with Crippen molar-refractivity contribution in [2.45, 2.75) is 50.9 Å². The SMILES string of the molecule is Cc1cc(C2=CC3CCCC(C2)N3)cc(C(F)(F)F)c1. The van der Waals surface area contributed by atoms with E-state index in [4.69, 9.17) is 0 Å². The van der Waals surface area contributed by atoms with Gasteiger partial charge in [-0.1, -0.05) is 18.6 Å². The van der Waals surface area contributed by atoms with Crippen molar-refractivity contribution in [3.05, 3.63) is 41.0 Å². The van der Waals surface area contributed by atoms with Gasteiger partial charge in [0, 0.05) is 12.1 Å². The maximum Gasteiger partial charge on any atom is 0.416 e. The Labute approximate surface area is 116 Å². The van der Waals surface area contributed by atoms with Gasteiger partial charge in [-0.25, -0.2) is 0 Å². The number of rotatable bonds is 1. The quantitative estimate of drug-likeness (QED) is 0.808. The summed E-state index contributed by atoms with van der Waals surface area (Å²) in [6, 6.07) is 5.12. The van der Waals surface area contributed by atoms with Crippen molar-refractivity contribution in [1.29, 1.82) is 0 Å². The number of aryl methyl sites for hydroxylation is 1. The lowest BCUT2D eigenvalue weighted by Gasteiger charge is -2.35. The molecule has 1 fully saturated rings. The van der Waals surface area contributed by atoms with Gasteiger partial charge in [0.05, 0.1) is 5.56 Å². The van der Waals surface area contributed by atoms with E-state index in [0.29, 0.717) is 17.6 Å². The Balaban J connectivity index is 1.98. The Bertz CT molecular complexity index is 545. The van der Waals surface area contributed by atoms with Gasteiger partial charge in [0.15, 0.2) is 0 Å². The second-order valence-corrected chi connectivity index (χ2v) is 5.88. The van der Waals surface area contributed by atoms with Gasteiger partial charge in [-0.05, 0) is 55.0 Å². The van der Waals surface area contributed by atoms with E-state index in [1.807, 2.05) is 6.07 Å². The van der Waals surface area contributed by atoms with Gasteiger partial charge in [0.1, 0.15) is 0 Å². The second kappa shape index (κ2) is 4.92. The molecule has 0 aliphatic carbocycles. The van der Waals surface area contributed by atoms with E-state index in [0.717, 1.165) is 30.4 Å². The summed E-state index contributed by atoms with van der Waals surface area (Å²) in [6.45, 7) is 1.72. The Morgan fingerprint density at radius 1 is 1.15 bits per heavy atom. The summed E-state index contributed by atoms with van der Waals surface area (Å²) in [5.74, 6) is 0. The number of nitrogens with one attached hydrogen (secondary N) is 1. The van der Waals surface area contributed by atoms with Gasteiger partial charge >= 0.3 is 6.18 Å². The fraction of sp³-hybridized carbons (Fsp3) is 0.500. The van der Waals surface area contributed by atoms with Crippen LogP contribution in [0.1, 0.15) is 42.4 Å². The summed E-state index contributed by atoms with van der Waals surface area (Å²) in [7, 11) is 0. The maximum atomic E-state index is 12.9. The molecule has 2 atom stereocenters. The summed E-state index contributed by atoms with van der Waals surface area (Å²) in [5.41, 5.74) is 1.92. The topological polar surface area (TPSA) is 12.0 Å². The predicted octanol–water partition coefficient (Wildman–Crippen LogP) is 4.31. The lowest BCUT2D eigenvalue weighted by atomic mass is 9.84. The van der Waals surface area contributed by atoms with Crippen molar-refractivity contribution in [2.75, 3.05) is 0 Å². The van der Waals surface area contributed by atoms with E-state index in [2.05, 4.69) is 11.4 Å². The first-order valence-corrected chi connectivity index (χ1v) is 7.08. The molecule has 1 N–H and O–H groups in total. The first-order valence-electron chi connectivity index (χ1n) is 7.08. The van der Waals surface area contributed by atoms with Crippen molar-refractivity contribution in [3.63, 3.8) is 0 Å². The molecule has 1 nitrogen and oxygen atoms in total. The highest BCUT2D eigenvalue weighted by Gasteiger charge is 2.32. The van der Waals surface area contributed by atoms with Gasteiger partial charge in [-0.15, -0.1) is 0 Å². The number of piperidine rings is 1. The summed E-state index contributed by atoms with van der Waals surface area (Å²) >= 11 is 0. The molecule has 0 saturated carbocycles. The van der Waals surface area contributed by atoms with Crippen LogP contribution in [0.3, 0.4) is 0 Å². The van der Waals surface area contributed by atoms with Crippen molar-refractivity contribution >= 4 is 5.57 Å². The van der Waals surface area contributed by atoms with Gasteiger partial charge < -0.3 is 5.32 Å². The smallest absolute Gasteiger partial charge is 0.307 e. The predicted molar refractivity (Wildman–Crippen MR) is 73.3 cm³/mol. The van der Waals surface area contributed by atoms with E-state index in [1.165, 1.54) is 18.6 Å². The molecule has 2 unspecified atom stereocenters. The minimum absolute atomic E-state index is 0.326. The normalized spacial score (nSPS) is 26.3. The Morgan fingerprint density at radius 3 is 2.65 bits per heavy atom. The fourth-order valence-electron chi connectivity index (χ4n) is 3.27. The van der Waals surface area contributed by atoms with Crippen LogP contribution in [0.15, 0.2) is 24.3 Å². The molecule has 4 heteroatoms. The Kier molecular flexibility index (Phi) is 3.36. The molecule has 0 aromatic heterocycles. The van der Waals surface area contributed by atoms with Crippen LogP contribution in [0, 0.1) is 6.92 Å². The van der Waals surface area contributed by atoms with Gasteiger partial charge in [-0.2, -0.15) is 13.2 Å². The molecular weight excluding hydrogens is 263 g/mol. The fourth-order valence-corrected chi connectivity index (χ4v) is 3.27. The number of alkyl halides is 3. The van der Waals surface area contributed by atoms with Crippen LogP contribution in [0.25, 0.3) is 5.57 Å². The van der Waals surface area contributed by atoms with Crippen LogP contribution in [0.2, 0.25) is 0 Å². The molecule has 1 aromatic rings. The minimum Gasteiger partial charge on any atom is -0.307 e. The molecule has 0 spiro atoms. The molecule has 2 bridgehead atoms. The number of benzene rings is 1. The third kappa shape index (κ3) is 2.75. The Morgan fingerprint density at radius 2 is 1.95 bits per heavy atom. The molecule has 20 heavy (non-hydrogen) atoms. The lowest BCUT2D eigenvalue weighted by molar-refractivity contribution is -0.137. The minimum atomic E-state index is -4.27. The van der Waals surface area contributed by atoms with E-state index in [9.17, 15) is 13.2 Å². The van der Waals surface area contributed by atoms with Crippen molar-refractivity contribution < 1.29 is 13.2 Å². The average Bonchev–Trinajstić information content (AvgIpc) is 2.36. The maximum absolute atomic E-state index is 12.9. The zero-order chi connectivity index (χ0) is 14.3. The van der Waals surface area contributed by atoms with Gasteiger partial charge in [0.2, 0.25) is 0 Å². The molecular formula is C16H18F3N. The van der Waals surface area contributed by atoms with E-state index >= 15 is 0 Å². The molecule has 108 valence electrons. The third-order valence-electron chi connectivity index (χ3n) is 4.16. The summed E-state index contributed by atoms with van der Waals surface area (Å²) in [4.78, 5) is 0. The molecule has 0 amide bonds. The third-order valence-corrected chi connectivity index (χ3v) is 4.16. The molecule has 2 aliphatic heterocycles. The first-order chi connectivity index (χ1) is 9.41. The van der Waals surface area contributed by atoms with Crippen LogP contribution in [-0.4, -0.2) is 12.1 Å². The number of fused-ring (bicyclic) bond motifs is 2. The van der Waals surface area contributed by atoms with Crippen LogP contribution < -0.4 is 5.32 Å². The van der Waals surface area contributed by atoms with Crippen molar-refractivity contribution in [1.82, 2.24) is 5.32 Å². The van der Waals surface area contributed by atoms with Crippen molar-refractivity contribution in [2.24, 2.45) is 0 Å². The van der Waals surface area contributed by atoms with Crippen molar-refractivity contribution in [3.8, 4) is 0 Å². The molecule has 1 aromatic carbocycles. The van der Waals surface area contributed by atoms with Crippen LogP contribution in [0.5, 0.6) is 0 Å². The van der Waals surface area contributed by atoms with Crippen LogP contribution in [-0.2, 0) is 6.18 Å². The zero-order valence-corrected chi connectivity index (χ0v) is 11.4.